The summed E-state index contributed by atoms with van der Waals surface area (Å²) in [5.74, 6) is -0.251. The predicted molar refractivity (Wildman–Crippen MR) is 108 cm³/mol. The summed E-state index contributed by atoms with van der Waals surface area (Å²) in [6.07, 6.45) is 4.74. The Labute approximate surface area is 163 Å². The average Bonchev–Trinajstić information content (AvgIpc) is 3.28. The van der Waals surface area contributed by atoms with Crippen LogP contribution in [-0.4, -0.2) is 26.1 Å². The zero-order chi connectivity index (χ0) is 18.8. The fourth-order valence-corrected chi connectivity index (χ4v) is 4.04. The SMILES string of the molecule is CCCN1C(=S)N[C@H](c2ccccn2)[C@@H]1c1cccn1-c1cccc(F)c1. The summed E-state index contributed by atoms with van der Waals surface area (Å²) in [6.45, 7) is 2.98. The van der Waals surface area contributed by atoms with Gasteiger partial charge in [-0.2, -0.15) is 0 Å². The molecule has 1 fully saturated rings. The molecule has 3 heterocycles. The Balaban J connectivity index is 1.81. The van der Waals surface area contributed by atoms with Gasteiger partial charge in [-0.25, -0.2) is 4.39 Å². The van der Waals surface area contributed by atoms with Gasteiger partial charge in [-0.15, -0.1) is 0 Å². The van der Waals surface area contributed by atoms with E-state index in [4.69, 9.17) is 12.2 Å². The van der Waals surface area contributed by atoms with Crippen LogP contribution in [0.25, 0.3) is 5.69 Å². The molecule has 4 rings (SSSR count). The van der Waals surface area contributed by atoms with Crippen molar-refractivity contribution in [3.8, 4) is 5.69 Å². The number of hydrogen-bond donors (Lipinski definition) is 1. The van der Waals surface area contributed by atoms with Crippen LogP contribution in [0.5, 0.6) is 0 Å². The molecule has 0 amide bonds. The smallest absolute Gasteiger partial charge is 0.170 e. The maximum Gasteiger partial charge on any atom is 0.170 e. The molecule has 1 N–H and O–H groups in total. The molecule has 0 radical (unpaired) electrons. The molecule has 27 heavy (non-hydrogen) atoms. The summed E-state index contributed by atoms with van der Waals surface area (Å²) in [6, 6.07) is 16.5. The van der Waals surface area contributed by atoms with Gasteiger partial charge in [0.25, 0.3) is 0 Å². The lowest BCUT2D eigenvalue weighted by atomic mass is 10.0. The Morgan fingerprint density at radius 3 is 2.78 bits per heavy atom. The molecular weight excluding hydrogens is 359 g/mol. The van der Waals surface area contributed by atoms with Crippen molar-refractivity contribution in [3.63, 3.8) is 0 Å². The number of halogens is 1. The molecule has 138 valence electrons. The number of pyridine rings is 1. The number of hydrogen-bond acceptors (Lipinski definition) is 2. The molecule has 0 unspecified atom stereocenters. The Bertz CT molecular complexity index is 940. The van der Waals surface area contributed by atoms with Gasteiger partial charge in [-0.1, -0.05) is 19.1 Å². The fourth-order valence-electron chi connectivity index (χ4n) is 3.70. The van der Waals surface area contributed by atoms with Gasteiger partial charge in [-0.05, 0) is 61.1 Å². The van der Waals surface area contributed by atoms with E-state index in [9.17, 15) is 4.39 Å². The topological polar surface area (TPSA) is 33.1 Å². The highest BCUT2D eigenvalue weighted by molar-refractivity contribution is 7.80. The van der Waals surface area contributed by atoms with E-state index in [2.05, 4.69) is 28.2 Å². The van der Waals surface area contributed by atoms with Gasteiger partial charge in [-0.3, -0.25) is 4.98 Å². The van der Waals surface area contributed by atoms with Crippen molar-refractivity contribution >= 4 is 17.3 Å². The van der Waals surface area contributed by atoms with Crippen LogP contribution < -0.4 is 5.32 Å². The molecular formula is C21H21FN4S. The standard InChI is InChI=1S/C21H21FN4S/c1-2-12-26-20(19(24-21(26)27)17-9-3-4-11-23-17)18-10-6-13-25(18)16-8-5-7-15(22)14-16/h3-11,13-14,19-20H,2,12H2,1H3,(H,24,27)/t19-,20+/m1/s1. The highest BCUT2D eigenvalue weighted by Gasteiger charge is 2.40. The van der Waals surface area contributed by atoms with Crippen molar-refractivity contribution in [2.24, 2.45) is 0 Å². The first-order valence-electron chi connectivity index (χ1n) is 9.10. The Morgan fingerprint density at radius 1 is 1.15 bits per heavy atom. The minimum Gasteiger partial charge on any atom is -0.352 e. The molecule has 6 heteroatoms. The number of nitrogens with one attached hydrogen (secondary N) is 1. The molecule has 0 spiro atoms. The third-order valence-corrected chi connectivity index (χ3v) is 5.18. The van der Waals surface area contributed by atoms with E-state index in [0.717, 1.165) is 35.2 Å². The second-order valence-electron chi connectivity index (χ2n) is 6.60. The first kappa shape index (κ1) is 17.7. The number of rotatable bonds is 5. The quantitative estimate of drug-likeness (QED) is 0.666. The van der Waals surface area contributed by atoms with Crippen LogP contribution in [0.3, 0.4) is 0 Å². The van der Waals surface area contributed by atoms with Gasteiger partial charge in [0.1, 0.15) is 5.82 Å². The first-order chi connectivity index (χ1) is 13.2. The van der Waals surface area contributed by atoms with E-state index >= 15 is 0 Å². The van der Waals surface area contributed by atoms with Crippen LogP contribution >= 0.6 is 12.2 Å². The highest BCUT2D eigenvalue weighted by atomic mass is 32.1. The van der Waals surface area contributed by atoms with Gasteiger partial charge < -0.3 is 14.8 Å². The van der Waals surface area contributed by atoms with Crippen molar-refractivity contribution in [1.29, 1.82) is 0 Å². The van der Waals surface area contributed by atoms with Crippen LogP contribution in [0, 0.1) is 5.82 Å². The molecule has 4 nitrogen and oxygen atoms in total. The Hall–Kier alpha value is -2.73. The first-order valence-corrected chi connectivity index (χ1v) is 9.51. The van der Waals surface area contributed by atoms with Crippen LogP contribution in [0.2, 0.25) is 0 Å². The third-order valence-electron chi connectivity index (χ3n) is 4.83. The summed E-state index contributed by atoms with van der Waals surface area (Å²) in [4.78, 5) is 6.76. The molecule has 3 aromatic rings. The van der Waals surface area contributed by atoms with Gasteiger partial charge in [0.05, 0.1) is 17.8 Å². The molecule has 2 aromatic heterocycles. The van der Waals surface area contributed by atoms with Crippen LogP contribution in [0.1, 0.15) is 36.8 Å². The van der Waals surface area contributed by atoms with E-state index in [1.807, 2.05) is 41.1 Å². The van der Waals surface area contributed by atoms with Crippen molar-refractivity contribution < 1.29 is 4.39 Å². The van der Waals surface area contributed by atoms with E-state index in [1.165, 1.54) is 6.07 Å². The second kappa shape index (κ2) is 7.48. The van der Waals surface area contributed by atoms with Crippen LogP contribution in [0.15, 0.2) is 67.0 Å². The zero-order valence-electron chi connectivity index (χ0n) is 15.0. The molecule has 2 atom stereocenters. The summed E-state index contributed by atoms with van der Waals surface area (Å²) in [5, 5.41) is 4.17. The molecule has 1 aliphatic rings. The van der Waals surface area contributed by atoms with E-state index < -0.39 is 0 Å². The normalized spacial score (nSPS) is 19.3. The summed E-state index contributed by atoms with van der Waals surface area (Å²) < 4.78 is 15.8. The second-order valence-corrected chi connectivity index (χ2v) is 6.99. The van der Waals surface area contributed by atoms with Crippen LogP contribution in [0.4, 0.5) is 4.39 Å². The fraction of sp³-hybridized carbons (Fsp3) is 0.238. The predicted octanol–water partition coefficient (Wildman–Crippen LogP) is 4.39. The van der Waals surface area contributed by atoms with Gasteiger partial charge in [0, 0.05) is 30.3 Å². The lowest BCUT2D eigenvalue weighted by Gasteiger charge is -2.28. The van der Waals surface area contributed by atoms with Crippen molar-refractivity contribution in [2.45, 2.75) is 25.4 Å². The number of thiocarbonyl (C=S) groups is 1. The Morgan fingerprint density at radius 2 is 2.04 bits per heavy atom. The van der Waals surface area contributed by atoms with E-state index in [-0.39, 0.29) is 17.9 Å². The molecule has 1 saturated heterocycles. The molecule has 0 saturated carbocycles. The highest BCUT2D eigenvalue weighted by Crippen LogP contribution is 2.39. The lowest BCUT2D eigenvalue weighted by Crippen LogP contribution is -2.31. The minimum atomic E-state index is -0.251. The van der Waals surface area contributed by atoms with Gasteiger partial charge in [0.2, 0.25) is 0 Å². The summed E-state index contributed by atoms with van der Waals surface area (Å²) in [5.41, 5.74) is 2.79. The molecule has 0 bridgehead atoms. The lowest BCUT2D eigenvalue weighted by molar-refractivity contribution is 0.309. The number of nitrogens with zero attached hydrogens (tertiary/aromatic N) is 3. The summed E-state index contributed by atoms with van der Waals surface area (Å²) >= 11 is 5.63. The van der Waals surface area contributed by atoms with Crippen molar-refractivity contribution in [1.82, 2.24) is 19.8 Å². The molecule has 1 aliphatic heterocycles. The van der Waals surface area contributed by atoms with Crippen LogP contribution in [-0.2, 0) is 0 Å². The molecule has 1 aromatic carbocycles. The average molecular weight is 380 g/mol. The number of aromatic nitrogens is 2. The zero-order valence-corrected chi connectivity index (χ0v) is 15.9. The van der Waals surface area contributed by atoms with Crippen molar-refractivity contribution in [3.05, 3.63) is 84.2 Å². The maximum absolute atomic E-state index is 13.8. The van der Waals surface area contributed by atoms with Gasteiger partial charge >= 0.3 is 0 Å². The third kappa shape index (κ3) is 3.32. The summed E-state index contributed by atoms with van der Waals surface area (Å²) in [7, 11) is 0. The van der Waals surface area contributed by atoms with E-state index in [1.54, 1.807) is 18.3 Å². The van der Waals surface area contributed by atoms with Crippen molar-refractivity contribution in [2.75, 3.05) is 6.54 Å². The van der Waals surface area contributed by atoms with E-state index in [0.29, 0.717) is 0 Å². The number of benzene rings is 1. The van der Waals surface area contributed by atoms with Gasteiger partial charge in [0.15, 0.2) is 5.11 Å². The molecule has 0 aliphatic carbocycles. The largest absolute Gasteiger partial charge is 0.352 e. The monoisotopic (exact) mass is 380 g/mol. The Kier molecular flexibility index (Phi) is 4.90. The maximum atomic E-state index is 13.8. The minimum absolute atomic E-state index is 0.0226.